The summed E-state index contributed by atoms with van der Waals surface area (Å²) in [5.41, 5.74) is 4.91. The fraction of sp³-hybridized carbons (Fsp3) is 0.0952. The number of aryl methyl sites for hydroxylation is 1. The zero-order valence-electron chi connectivity index (χ0n) is 16.6. The first kappa shape index (κ1) is 20.5. The summed E-state index contributed by atoms with van der Waals surface area (Å²) >= 11 is 0. The molecule has 1 aliphatic heterocycles. The second-order valence-electron chi connectivity index (χ2n) is 7.01. The van der Waals surface area contributed by atoms with Crippen LogP contribution in [0.3, 0.4) is 0 Å². The van der Waals surface area contributed by atoms with Crippen molar-refractivity contribution in [3.8, 4) is 5.69 Å². The van der Waals surface area contributed by atoms with E-state index >= 15 is 0 Å². The first-order chi connectivity index (χ1) is 14.7. The molecule has 2 heterocycles. The number of nitrogens with zero attached hydrogens (tertiary/aromatic N) is 1. The summed E-state index contributed by atoms with van der Waals surface area (Å²) in [4.78, 5) is 37.8. The Morgan fingerprint density at radius 1 is 0.935 bits per heavy atom. The molecule has 0 saturated carbocycles. The number of aromatic nitrogens is 1. The summed E-state index contributed by atoms with van der Waals surface area (Å²) in [7, 11) is -4.17. The SMILES string of the molecule is Cc1cc(C(=O)NNS(=O)(=O)c2ccc3c(c2)C(=O)NC3=O)c(C)n1-c1ccccc1. The second-order valence-corrected chi connectivity index (χ2v) is 8.69. The molecule has 3 amide bonds. The molecule has 0 bridgehead atoms. The van der Waals surface area contributed by atoms with Crippen LogP contribution in [0.1, 0.15) is 42.5 Å². The number of benzene rings is 2. The van der Waals surface area contributed by atoms with E-state index in [0.717, 1.165) is 17.4 Å². The van der Waals surface area contributed by atoms with E-state index in [-0.39, 0.29) is 16.0 Å². The van der Waals surface area contributed by atoms with E-state index in [2.05, 4.69) is 10.7 Å². The van der Waals surface area contributed by atoms with Crippen LogP contribution in [0.25, 0.3) is 5.69 Å². The standard InChI is InChI=1S/C21H18N4O5S/c1-12-10-17(13(2)25(12)14-6-4-3-5-7-14)21(28)23-24-31(29,30)15-8-9-16-18(11-15)20(27)22-19(16)26/h3-11,24H,1-2H3,(H,23,28)(H,22,26,27). The molecule has 1 aromatic heterocycles. The molecule has 31 heavy (non-hydrogen) atoms. The number of hydrogen-bond donors (Lipinski definition) is 3. The highest BCUT2D eigenvalue weighted by Gasteiger charge is 2.29. The fourth-order valence-corrected chi connectivity index (χ4v) is 4.39. The first-order valence-electron chi connectivity index (χ1n) is 9.25. The van der Waals surface area contributed by atoms with Gasteiger partial charge in [0, 0.05) is 17.1 Å². The van der Waals surface area contributed by atoms with Crippen molar-refractivity contribution in [2.45, 2.75) is 18.7 Å². The summed E-state index contributed by atoms with van der Waals surface area (Å²) in [6, 6.07) is 14.6. The van der Waals surface area contributed by atoms with Gasteiger partial charge in [0.05, 0.1) is 21.6 Å². The first-order valence-corrected chi connectivity index (χ1v) is 10.7. The molecule has 9 nitrogen and oxygen atoms in total. The van der Waals surface area contributed by atoms with Gasteiger partial charge in [0.15, 0.2) is 0 Å². The molecular formula is C21H18N4O5S. The van der Waals surface area contributed by atoms with E-state index < -0.39 is 27.7 Å². The lowest BCUT2D eigenvalue weighted by atomic mass is 10.1. The molecule has 0 radical (unpaired) electrons. The lowest BCUT2D eigenvalue weighted by Gasteiger charge is -2.11. The Balaban J connectivity index is 1.55. The van der Waals surface area contributed by atoms with Crippen molar-refractivity contribution in [3.05, 3.63) is 82.7 Å². The summed E-state index contributed by atoms with van der Waals surface area (Å²) in [5.74, 6) is -1.89. The molecule has 1 aliphatic rings. The number of amides is 3. The fourth-order valence-electron chi connectivity index (χ4n) is 3.52. The topological polar surface area (TPSA) is 126 Å². The van der Waals surface area contributed by atoms with Gasteiger partial charge in [-0.15, -0.1) is 4.83 Å². The summed E-state index contributed by atoms with van der Waals surface area (Å²) in [6.45, 7) is 3.61. The number of rotatable bonds is 5. The molecule has 10 heteroatoms. The van der Waals surface area contributed by atoms with Crippen LogP contribution in [0.15, 0.2) is 59.5 Å². The van der Waals surface area contributed by atoms with Crippen LogP contribution in [0.2, 0.25) is 0 Å². The van der Waals surface area contributed by atoms with Gasteiger partial charge in [0.2, 0.25) is 0 Å². The zero-order valence-corrected chi connectivity index (χ0v) is 17.4. The van der Waals surface area contributed by atoms with Gasteiger partial charge < -0.3 is 4.57 Å². The molecule has 2 aromatic carbocycles. The number of imide groups is 1. The Labute approximate surface area is 178 Å². The van der Waals surface area contributed by atoms with Crippen LogP contribution in [0.5, 0.6) is 0 Å². The second kappa shape index (κ2) is 7.49. The van der Waals surface area contributed by atoms with Gasteiger partial charge in [-0.2, -0.15) is 0 Å². The zero-order chi connectivity index (χ0) is 22.3. The molecule has 0 atom stereocenters. The van der Waals surface area contributed by atoms with E-state index in [1.165, 1.54) is 12.1 Å². The number of hydrazine groups is 1. The van der Waals surface area contributed by atoms with E-state index in [1.54, 1.807) is 13.0 Å². The van der Waals surface area contributed by atoms with Gasteiger partial charge in [-0.05, 0) is 50.2 Å². The van der Waals surface area contributed by atoms with Gasteiger partial charge in [0.1, 0.15) is 0 Å². The molecule has 0 saturated heterocycles. The van der Waals surface area contributed by atoms with Crippen molar-refractivity contribution in [1.82, 2.24) is 20.1 Å². The van der Waals surface area contributed by atoms with Gasteiger partial charge >= 0.3 is 0 Å². The normalized spacial score (nSPS) is 13.1. The van der Waals surface area contributed by atoms with Crippen LogP contribution in [-0.2, 0) is 10.0 Å². The van der Waals surface area contributed by atoms with E-state index in [9.17, 15) is 22.8 Å². The maximum atomic E-state index is 12.7. The van der Waals surface area contributed by atoms with Crippen molar-refractivity contribution in [1.29, 1.82) is 0 Å². The van der Waals surface area contributed by atoms with Gasteiger partial charge in [0.25, 0.3) is 27.7 Å². The van der Waals surface area contributed by atoms with E-state index in [0.29, 0.717) is 11.3 Å². The summed E-state index contributed by atoms with van der Waals surface area (Å²) in [6.07, 6.45) is 0. The average molecular weight is 438 g/mol. The molecule has 0 unspecified atom stereocenters. The number of fused-ring (bicyclic) bond motifs is 1. The summed E-state index contributed by atoms with van der Waals surface area (Å²) < 4.78 is 27.1. The molecule has 0 spiro atoms. The lowest BCUT2D eigenvalue weighted by molar-refractivity contribution is 0.0877. The van der Waals surface area contributed by atoms with Crippen molar-refractivity contribution >= 4 is 27.7 Å². The Hall–Kier alpha value is -3.76. The van der Waals surface area contributed by atoms with Crippen molar-refractivity contribution < 1.29 is 22.8 Å². The Kier molecular flexibility index (Phi) is 4.96. The number of sulfonamides is 1. The van der Waals surface area contributed by atoms with Crippen LogP contribution in [-0.4, -0.2) is 30.7 Å². The van der Waals surface area contributed by atoms with Crippen LogP contribution in [0.4, 0.5) is 0 Å². The third-order valence-electron chi connectivity index (χ3n) is 5.01. The van der Waals surface area contributed by atoms with Crippen molar-refractivity contribution in [2.75, 3.05) is 0 Å². The Morgan fingerprint density at radius 3 is 2.32 bits per heavy atom. The van der Waals surface area contributed by atoms with Crippen molar-refractivity contribution in [2.24, 2.45) is 0 Å². The molecule has 3 aromatic rings. The number of carbonyl (C=O) groups excluding carboxylic acids is 3. The highest BCUT2D eigenvalue weighted by molar-refractivity contribution is 7.89. The maximum absolute atomic E-state index is 12.7. The average Bonchev–Trinajstić information content (AvgIpc) is 3.21. The minimum Gasteiger partial charge on any atom is -0.318 e. The third kappa shape index (κ3) is 3.62. The molecule has 158 valence electrons. The number of carbonyl (C=O) groups is 3. The monoisotopic (exact) mass is 438 g/mol. The number of hydrogen-bond acceptors (Lipinski definition) is 5. The van der Waals surface area contributed by atoms with E-state index in [1.807, 2.05) is 46.7 Å². The predicted molar refractivity (Wildman–Crippen MR) is 111 cm³/mol. The number of para-hydroxylation sites is 1. The molecule has 4 rings (SSSR count). The van der Waals surface area contributed by atoms with Gasteiger partial charge in [-0.1, -0.05) is 18.2 Å². The minimum atomic E-state index is -4.17. The van der Waals surface area contributed by atoms with E-state index in [4.69, 9.17) is 0 Å². The molecule has 0 aliphatic carbocycles. The smallest absolute Gasteiger partial charge is 0.268 e. The molecule has 3 N–H and O–H groups in total. The summed E-state index contributed by atoms with van der Waals surface area (Å²) in [5, 5.41) is 2.09. The third-order valence-corrected chi connectivity index (χ3v) is 6.25. The van der Waals surface area contributed by atoms with Crippen molar-refractivity contribution in [3.63, 3.8) is 0 Å². The highest BCUT2D eigenvalue weighted by atomic mass is 32.2. The highest BCUT2D eigenvalue weighted by Crippen LogP contribution is 2.22. The molecular weight excluding hydrogens is 420 g/mol. The predicted octanol–water partition coefficient (Wildman–Crippen LogP) is 1.60. The largest absolute Gasteiger partial charge is 0.318 e. The minimum absolute atomic E-state index is 0.0365. The van der Waals surface area contributed by atoms with Crippen LogP contribution in [0, 0.1) is 13.8 Å². The van der Waals surface area contributed by atoms with Gasteiger partial charge in [-0.25, -0.2) is 8.42 Å². The Morgan fingerprint density at radius 2 is 1.61 bits per heavy atom. The van der Waals surface area contributed by atoms with Crippen LogP contribution >= 0.6 is 0 Å². The quantitative estimate of drug-likeness (QED) is 0.412. The van der Waals surface area contributed by atoms with Crippen LogP contribution < -0.4 is 15.6 Å². The maximum Gasteiger partial charge on any atom is 0.268 e. The number of nitrogens with one attached hydrogen (secondary N) is 3. The van der Waals surface area contributed by atoms with Gasteiger partial charge in [-0.3, -0.25) is 25.1 Å². The lowest BCUT2D eigenvalue weighted by Crippen LogP contribution is -2.41. The molecule has 0 fully saturated rings. The Bertz CT molecular complexity index is 1340.